The molecular formula is C20H27N3O2. The average Bonchev–Trinajstić information content (AvgIpc) is 3.02. The van der Waals surface area contributed by atoms with Crippen LogP contribution in [0.4, 0.5) is 0 Å². The molecule has 1 amide bonds. The first-order chi connectivity index (χ1) is 12.2. The Kier molecular flexibility index (Phi) is 5.87. The second kappa shape index (κ2) is 8.30. The fraction of sp³-hybridized carbons (Fsp3) is 0.500. The second-order valence-corrected chi connectivity index (χ2v) is 6.77. The summed E-state index contributed by atoms with van der Waals surface area (Å²) in [6, 6.07) is 9.97. The molecule has 25 heavy (non-hydrogen) atoms. The molecule has 1 saturated heterocycles. The predicted octanol–water partition coefficient (Wildman–Crippen LogP) is 3.04. The Morgan fingerprint density at radius 2 is 2.00 bits per heavy atom. The standard InChI is InChI=1S/C20H27N3O2/c1-15-20(17-6-4-3-5-7-17)25-18(22-15)8-9-19(24)23-12-10-16(11-13-23)14-21-2/h3-7,16,21H,8-14H2,1-2H3. The smallest absolute Gasteiger partial charge is 0.223 e. The van der Waals surface area contributed by atoms with Crippen molar-refractivity contribution < 1.29 is 9.21 Å². The Labute approximate surface area is 149 Å². The van der Waals surface area contributed by atoms with Crippen molar-refractivity contribution in [2.24, 2.45) is 5.92 Å². The van der Waals surface area contributed by atoms with Crippen molar-refractivity contribution >= 4 is 5.91 Å². The quantitative estimate of drug-likeness (QED) is 0.877. The molecule has 1 N–H and O–H groups in total. The molecule has 1 fully saturated rings. The molecule has 134 valence electrons. The molecule has 5 heteroatoms. The van der Waals surface area contributed by atoms with Gasteiger partial charge < -0.3 is 14.6 Å². The van der Waals surface area contributed by atoms with Crippen LogP contribution in [0.15, 0.2) is 34.7 Å². The van der Waals surface area contributed by atoms with Gasteiger partial charge in [0.1, 0.15) is 0 Å². The number of aromatic nitrogens is 1. The van der Waals surface area contributed by atoms with Gasteiger partial charge in [-0.3, -0.25) is 4.79 Å². The summed E-state index contributed by atoms with van der Waals surface area (Å²) in [6.45, 7) is 4.72. The number of nitrogens with one attached hydrogen (secondary N) is 1. The molecule has 0 aliphatic carbocycles. The van der Waals surface area contributed by atoms with Gasteiger partial charge in [-0.15, -0.1) is 0 Å². The van der Waals surface area contributed by atoms with Gasteiger partial charge in [0.05, 0.1) is 5.69 Å². The summed E-state index contributed by atoms with van der Waals surface area (Å²) in [5.41, 5.74) is 1.90. The number of carbonyl (C=O) groups excluding carboxylic acids is 1. The van der Waals surface area contributed by atoms with Gasteiger partial charge in [-0.1, -0.05) is 30.3 Å². The molecule has 0 radical (unpaired) electrons. The van der Waals surface area contributed by atoms with Crippen LogP contribution in [0.25, 0.3) is 11.3 Å². The Balaban J connectivity index is 1.53. The van der Waals surface area contributed by atoms with Gasteiger partial charge >= 0.3 is 0 Å². The fourth-order valence-corrected chi connectivity index (χ4v) is 3.46. The molecule has 5 nitrogen and oxygen atoms in total. The minimum Gasteiger partial charge on any atom is -0.440 e. The third-order valence-electron chi connectivity index (χ3n) is 4.89. The van der Waals surface area contributed by atoms with E-state index in [0.29, 0.717) is 24.7 Å². The number of amides is 1. The molecule has 3 rings (SSSR count). The van der Waals surface area contributed by atoms with E-state index in [-0.39, 0.29) is 5.91 Å². The molecule has 0 bridgehead atoms. The highest BCUT2D eigenvalue weighted by molar-refractivity contribution is 5.76. The van der Waals surface area contributed by atoms with Gasteiger partial charge in [-0.05, 0) is 39.3 Å². The topological polar surface area (TPSA) is 58.4 Å². The molecule has 1 aliphatic rings. The van der Waals surface area contributed by atoms with Crippen molar-refractivity contribution in [1.82, 2.24) is 15.2 Å². The number of carbonyl (C=O) groups is 1. The van der Waals surface area contributed by atoms with E-state index in [1.807, 2.05) is 49.2 Å². The Hall–Kier alpha value is -2.14. The first kappa shape index (κ1) is 17.7. The molecule has 1 aliphatic heterocycles. The molecule has 0 unspecified atom stereocenters. The molecule has 1 aromatic carbocycles. The van der Waals surface area contributed by atoms with Crippen LogP contribution in [-0.4, -0.2) is 42.5 Å². The maximum absolute atomic E-state index is 12.4. The Morgan fingerprint density at radius 1 is 1.28 bits per heavy atom. The highest BCUT2D eigenvalue weighted by Crippen LogP contribution is 2.25. The zero-order valence-electron chi connectivity index (χ0n) is 15.1. The van der Waals surface area contributed by atoms with Crippen molar-refractivity contribution in [1.29, 1.82) is 0 Å². The van der Waals surface area contributed by atoms with Crippen LogP contribution in [0.1, 0.15) is 30.8 Å². The number of hydrogen-bond acceptors (Lipinski definition) is 4. The van der Waals surface area contributed by atoms with Crippen LogP contribution in [0.5, 0.6) is 0 Å². The largest absolute Gasteiger partial charge is 0.440 e. The maximum Gasteiger partial charge on any atom is 0.223 e. The van der Waals surface area contributed by atoms with E-state index in [1.165, 1.54) is 0 Å². The maximum atomic E-state index is 12.4. The van der Waals surface area contributed by atoms with Gasteiger partial charge in [0.25, 0.3) is 0 Å². The number of likely N-dealkylation sites (tertiary alicyclic amines) is 1. The van der Waals surface area contributed by atoms with Crippen LogP contribution >= 0.6 is 0 Å². The fourth-order valence-electron chi connectivity index (χ4n) is 3.46. The highest BCUT2D eigenvalue weighted by Gasteiger charge is 2.22. The number of rotatable bonds is 6. The van der Waals surface area contributed by atoms with E-state index in [2.05, 4.69) is 10.3 Å². The van der Waals surface area contributed by atoms with Gasteiger partial charge in [0.2, 0.25) is 5.91 Å². The van der Waals surface area contributed by atoms with Crippen molar-refractivity contribution in [2.75, 3.05) is 26.7 Å². The molecular weight excluding hydrogens is 314 g/mol. The molecule has 2 heterocycles. The molecule has 0 spiro atoms. The number of piperidine rings is 1. The van der Waals surface area contributed by atoms with Crippen molar-refractivity contribution in [3.63, 3.8) is 0 Å². The summed E-state index contributed by atoms with van der Waals surface area (Å²) in [7, 11) is 1.99. The second-order valence-electron chi connectivity index (χ2n) is 6.77. The summed E-state index contributed by atoms with van der Waals surface area (Å²) >= 11 is 0. The van der Waals surface area contributed by atoms with Crippen molar-refractivity contribution in [3.8, 4) is 11.3 Å². The van der Waals surface area contributed by atoms with E-state index in [4.69, 9.17) is 4.42 Å². The first-order valence-corrected chi connectivity index (χ1v) is 9.11. The lowest BCUT2D eigenvalue weighted by Crippen LogP contribution is -2.40. The van der Waals surface area contributed by atoms with Gasteiger partial charge in [-0.25, -0.2) is 4.98 Å². The summed E-state index contributed by atoms with van der Waals surface area (Å²) in [6.07, 6.45) is 3.19. The van der Waals surface area contributed by atoms with Crippen LogP contribution in [0.2, 0.25) is 0 Å². The summed E-state index contributed by atoms with van der Waals surface area (Å²) in [4.78, 5) is 18.9. The minimum absolute atomic E-state index is 0.208. The Bertz CT molecular complexity index is 688. The summed E-state index contributed by atoms with van der Waals surface area (Å²) < 4.78 is 5.90. The lowest BCUT2D eigenvalue weighted by molar-refractivity contribution is -0.132. The van der Waals surface area contributed by atoms with Crippen molar-refractivity contribution in [2.45, 2.75) is 32.6 Å². The van der Waals surface area contributed by atoms with Gasteiger partial charge in [-0.2, -0.15) is 0 Å². The van der Waals surface area contributed by atoms with Crippen molar-refractivity contribution in [3.05, 3.63) is 41.9 Å². The SMILES string of the molecule is CNCC1CCN(C(=O)CCc2nc(C)c(-c3ccccc3)o2)CC1. The molecule has 1 aromatic heterocycles. The number of aryl methyl sites for hydroxylation is 2. The monoisotopic (exact) mass is 341 g/mol. The highest BCUT2D eigenvalue weighted by atomic mass is 16.4. The van der Waals surface area contributed by atoms with E-state index in [1.54, 1.807) is 0 Å². The van der Waals surface area contributed by atoms with E-state index < -0.39 is 0 Å². The number of hydrogen-bond donors (Lipinski definition) is 1. The number of oxazole rings is 1. The third-order valence-corrected chi connectivity index (χ3v) is 4.89. The minimum atomic E-state index is 0.208. The Morgan fingerprint density at radius 3 is 2.68 bits per heavy atom. The first-order valence-electron chi connectivity index (χ1n) is 9.11. The van der Waals surface area contributed by atoms with Crippen LogP contribution in [-0.2, 0) is 11.2 Å². The average molecular weight is 341 g/mol. The van der Waals surface area contributed by atoms with E-state index in [9.17, 15) is 4.79 Å². The molecule has 0 atom stereocenters. The van der Waals surface area contributed by atoms with E-state index in [0.717, 1.165) is 49.5 Å². The zero-order valence-corrected chi connectivity index (χ0v) is 15.1. The third kappa shape index (κ3) is 4.48. The number of nitrogens with zero attached hydrogens (tertiary/aromatic N) is 2. The summed E-state index contributed by atoms with van der Waals surface area (Å²) in [5.74, 6) is 2.35. The normalized spacial score (nSPS) is 15.5. The molecule has 0 saturated carbocycles. The van der Waals surface area contributed by atoms with Gasteiger partial charge in [0, 0.05) is 31.5 Å². The predicted molar refractivity (Wildman–Crippen MR) is 98.2 cm³/mol. The van der Waals surface area contributed by atoms with Crippen LogP contribution in [0, 0.1) is 12.8 Å². The lowest BCUT2D eigenvalue weighted by atomic mass is 9.96. The molecule has 2 aromatic rings. The van der Waals surface area contributed by atoms with Gasteiger partial charge in [0.15, 0.2) is 11.7 Å². The lowest BCUT2D eigenvalue weighted by Gasteiger charge is -2.32. The zero-order chi connectivity index (χ0) is 17.6. The van der Waals surface area contributed by atoms with Crippen LogP contribution < -0.4 is 5.32 Å². The van der Waals surface area contributed by atoms with Crippen LogP contribution in [0.3, 0.4) is 0 Å². The number of benzene rings is 1. The van der Waals surface area contributed by atoms with E-state index >= 15 is 0 Å². The summed E-state index contributed by atoms with van der Waals surface area (Å²) in [5, 5.41) is 3.23.